The number of pyridine rings is 1. The van der Waals surface area contributed by atoms with Gasteiger partial charge >= 0.3 is 12.0 Å². The van der Waals surface area contributed by atoms with E-state index in [4.69, 9.17) is 9.47 Å². The zero-order chi connectivity index (χ0) is 48.6. The van der Waals surface area contributed by atoms with Crippen LogP contribution in [-0.2, 0) is 49.5 Å². The molecule has 18 nitrogen and oxygen atoms in total. The van der Waals surface area contributed by atoms with Crippen LogP contribution in [-0.4, -0.2) is 101 Å². The molecule has 0 bridgehead atoms. The van der Waals surface area contributed by atoms with Crippen molar-refractivity contribution in [1.29, 1.82) is 0 Å². The molecule has 0 spiro atoms. The molecule has 1 aromatic heterocycles. The quantitative estimate of drug-likeness (QED) is 0.0200. The Labute approximate surface area is 404 Å². The van der Waals surface area contributed by atoms with Crippen molar-refractivity contribution in [1.82, 2.24) is 31.6 Å². The Morgan fingerprint density at radius 3 is 2.33 bits per heavy atom. The van der Waals surface area contributed by atoms with E-state index in [1.807, 2.05) is 31.2 Å². The summed E-state index contributed by atoms with van der Waals surface area (Å²) in [5.74, 6) is -2.94. The molecule has 67 heavy (non-hydrogen) atoms. The van der Waals surface area contributed by atoms with Gasteiger partial charge in [-0.2, -0.15) is 0 Å². The Bertz CT molecular complexity index is 2190. The predicted octanol–water partition coefficient (Wildman–Crippen LogP) is 4.80. The van der Waals surface area contributed by atoms with E-state index < -0.39 is 47.3 Å². The van der Waals surface area contributed by atoms with E-state index in [1.54, 1.807) is 77.5 Å². The van der Waals surface area contributed by atoms with E-state index in [0.717, 1.165) is 11.1 Å². The molecule has 2 aromatic carbocycles. The number of amides is 7. The van der Waals surface area contributed by atoms with Crippen LogP contribution in [0.1, 0.15) is 87.8 Å². The van der Waals surface area contributed by atoms with E-state index in [-0.39, 0.29) is 79.9 Å². The Hall–Kier alpha value is -6.22. The number of nitrogens with one attached hydrogen (secondary N) is 7. The molecule has 7 amide bonds. The summed E-state index contributed by atoms with van der Waals surface area (Å²) in [6.07, 6.45) is 8.80. The van der Waals surface area contributed by atoms with Crippen LogP contribution < -0.4 is 37.2 Å². The maximum Gasteiger partial charge on any atom is 0.323 e. The standard InChI is InChI=1S/C48H61IN8O10/c1-32-11-4-5-14-38(32)56-47(65)53-36-21-18-34(19-22-36)29-42(60)54-39(15-6-7-26-51-41(59)23-20-35-12-10-25-50-31-35)44(62)55-40(16-8-17-43(61)67-28-27-66-3)45(63)57-48(46(49)64)24-9-13-37(30-48)52-33(2)58/h4-5,10-12,14,18-23,25,31,37,39-40H,6-9,13,15-17,24,26-30H2,1-3H3,(H,51,59)(H,52,58)(H,54,60)(H,55,62)(H,57,63)(H2,53,56,65)/b23-20+/t37?,39-,40-,48?/m0/s1. The molecular weight excluding hydrogens is 975 g/mol. The lowest BCUT2D eigenvalue weighted by Crippen LogP contribution is -2.62. The fraction of sp³-hybridized carbons (Fsp3) is 0.438. The van der Waals surface area contributed by atoms with Gasteiger partial charge < -0.3 is 46.7 Å². The summed E-state index contributed by atoms with van der Waals surface area (Å²) < 4.78 is 9.78. The number of hydrogen-bond acceptors (Lipinski definition) is 11. The van der Waals surface area contributed by atoms with Crippen molar-refractivity contribution < 1.29 is 47.8 Å². The van der Waals surface area contributed by atoms with Crippen molar-refractivity contribution in [2.45, 2.75) is 108 Å². The van der Waals surface area contributed by atoms with Gasteiger partial charge in [-0.05, 0) is 112 Å². The fourth-order valence-electron chi connectivity index (χ4n) is 7.45. The SMILES string of the molecule is COCCOC(=O)CCC[C@H](NC(=O)[C@H](CCCCNC(=O)/C=C/c1cccnc1)NC(=O)Cc1ccc(NC(=O)Nc2ccccc2C)cc1)C(=O)NC1(C(=O)I)CCCC(NC(C)=O)C1. The third-order valence-corrected chi connectivity index (χ3v) is 11.9. The number of ether oxygens (including phenoxy) is 2. The lowest BCUT2D eigenvalue weighted by molar-refractivity contribution is -0.145. The largest absolute Gasteiger partial charge is 0.463 e. The highest BCUT2D eigenvalue weighted by Gasteiger charge is 2.44. The van der Waals surface area contributed by atoms with Gasteiger partial charge in [-0.15, -0.1) is 0 Å². The van der Waals surface area contributed by atoms with Crippen molar-refractivity contribution >= 4 is 85.4 Å². The minimum atomic E-state index is -1.33. The van der Waals surface area contributed by atoms with Crippen molar-refractivity contribution in [2.75, 3.05) is 37.5 Å². The number of halogens is 1. The second kappa shape index (κ2) is 28.1. The Balaban J connectivity index is 1.47. The van der Waals surface area contributed by atoms with E-state index in [1.165, 1.54) is 20.1 Å². The molecule has 19 heteroatoms. The molecule has 0 saturated heterocycles. The number of hydrogen-bond donors (Lipinski definition) is 7. The van der Waals surface area contributed by atoms with Gasteiger partial charge in [-0.25, -0.2) is 4.79 Å². The Kier molecular flexibility index (Phi) is 22.4. The Morgan fingerprint density at radius 1 is 0.881 bits per heavy atom. The number of urea groups is 1. The highest BCUT2D eigenvalue weighted by Crippen LogP contribution is 2.32. The first-order chi connectivity index (χ1) is 32.2. The topological polar surface area (TPSA) is 252 Å². The number of aryl methyl sites for hydroxylation is 1. The third-order valence-electron chi connectivity index (χ3n) is 10.9. The molecule has 1 aliphatic carbocycles. The normalized spacial score (nSPS) is 16.4. The maximum absolute atomic E-state index is 14.2. The second-order valence-corrected chi connectivity index (χ2v) is 17.3. The van der Waals surface area contributed by atoms with Crippen molar-refractivity contribution in [3.63, 3.8) is 0 Å². The van der Waals surface area contributed by atoms with E-state index in [2.05, 4.69) is 42.2 Å². The van der Waals surface area contributed by atoms with Crippen LogP contribution in [0.15, 0.2) is 79.1 Å². The summed E-state index contributed by atoms with van der Waals surface area (Å²) in [4.78, 5) is 109. The minimum Gasteiger partial charge on any atom is -0.463 e. The number of carbonyl (C=O) groups excluding carboxylic acids is 8. The molecule has 360 valence electrons. The van der Waals surface area contributed by atoms with Gasteiger partial charge in [0.1, 0.15) is 24.2 Å². The number of para-hydroxylation sites is 1. The Morgan fingerprint density at radius 2 is 1.63 bits per heavy atom. The predicted molar refractivity (Wildman–Crippen MR) is 261 cm³/mol. The van der Waals surface area contributed by atoms with Crippen LogP contribution >= 0.6 is 22.6 Å². The maximum atomic E-state index is 14.2. The van der Waals surface area contributed by atoms with Crippen LogP contribution in [0.3, 0.4) is 0 Å². The molecule has 0 radical (unpaired) electrons. The number of unbranched alkanes of at least 4 members (excludes halogenated alkanes) is 1. The van der Waals surface area contributed by atoms with Gasteiger partial charge in [-0.1, -0.05) is 36.4 Å². The summed E-state index contributed by atoms with van der Waals surface area (Å²) in [6, 6.07) is 14.4. The van der Waals surface area contributed by atoms with Gasteiger partial charge in [0.25, 0.3) is 0 Å². The highest BCUT2D eigenvalue weighted by molar-refractivity contribution is 14.1. The third kappa shape index (κ3) is 19.3. The number of benzene rings is 2. The molecule has 7 N–H and O–H groups in total. The highest BCUT2D eigenvalue weighted by atomic mass is 127. The van der Waals surface area contributed by atoms with Gasteiger partial charge in [0, 0.05) is 85.5 Å². The number of anilines is 2. The average molecular weight is 1040 g/mol. The van der Waals surface area contributed by atoms with Gasteiger partial charge in [0.2, 0.25) is 33.3 Å². The summed E-state index contributed by atoms with van der Waals surface area (Å²) in [7, 11) is 1.47. The van der Waals surface area contributed by atoms with E-state index >= 15 is 0 Å². The average Bonchev–Trinajstić information content (AvgIpc) is 3.29. The molecule has 1 saturated carbocycles. The van der Waals surface area contributed by atoms with E-state index in [0.29, 0.717) is 49.0 Å². The molecule has 4 rings (SSSR count). The molecule has 1 aliphatic rings. The monoisotopic (exact) mass is 1040 g/mol. The molecule has 0 aliphatic heterocycles. The van der Waals surface area contributed by atoms with E-state index in [9.17, 15) is 38.4 Å². The molecule has 1 fully saturated rings. The zero-order valence-electron chi connectivity index (χ0n) is 38.1. The van der Waals surface area contributed by atoms with Crippen LogP contribution in [0.25, 0.3) is 6.08 Å². The minimum absolute atomic E-state index is 0.0137. The number of rotatable bonds is 25. The van der Waals surface area contributed by atoms with Gasteiger partial charge in [0.15, 0.2) is 0 Å². The summed E-state index contributed by atoms with van der Waals surface area (Å²) >= 11 is 1.64. The lowest BCUT2D eigenvalue weighted by Gasteiger charge is -2.40. The fourth-order valence-corrected chi connectivity index (χ4v) is 8.07. The first-order valence-corrected chi connectivity index (χ1v) is 23.4. The van der Waals surface area contributed by atoms with Gasteiger partial charge in [0.05, 0.1) is 13.0 Å². The van der Waals surface area contributed by atoms with Crippen LogP contribution in [0.5, 0.6) is 0 Å². The van der Waals surface area contributed by atoms with Gasteiger partial charge in [-0.3, -0.25) is 38.5 Å². The van der Waals surface area contributed by atoms with Crippen molar-refractivity contribution in [3.8, 4) is 0 Å². The number of aromatic nitrogens is 1. The molecular formula is C48H61IN8O10. The number of esters is 1. The van der Waals surface area contributed by atoms with Crippen molar-refractivity contribution in [2.24, 2.45) is 0 Å². The molecule has 2 unspecified atom stereocenters. The second-order valence-electron chi connectivity index (χ2n) is 16.3. The van der Waals surface area contributed by atoms with Crippen LogP contribution in [0.2, 0.25) is 0 Å². The zero-order valence-corrected chi connectivity index (χ0v) is 40.3. The van der Waals surface area contributed by atoms with Crippen molar-refractivity contribution in [3.05, 3.63) is 95.8 Å². The summed E-state index contributed by atoms with van der Waals surface area (Å²) in [5.41, 5.74) is 2.08. The number of carbonyl (C=O) groups is 8. The number of nitrogens with zero attached hydrogens (tertiary/aromatic N) is 1. The summed E-state index contributed by atoms with van der Waals surface area (Å²) in [5, 5.41) is 19.7. The molecule has 4 atom stereocenters. The first-order valence-electron chi connectivity index (χ1n) is 22.3. The molecule has 1 heterocycles. The van der Waals surface area contributed by atoms with Crippen LogP contribution in [0, 0.1) is 6.92 Å². The first kappa shape index (κ1) is 53.4. The van der Waals surface area contributed by atoms with Crippen LogP contribution in [0.4, 0.5) is 16.2 Å². The molecule has 3 aromatic rings. The smallest absolute Gasteiger partial charge is 0.323 e. The summed E-state index contributed by atoms with van der Waals surface area (Å²) in [6.45, 7) is 3.79. The lowest BCUT2D eigenvalue weighted by atomic mass is 9.79. The number of methoxy groups -OCH3 is 1.